The van der Waals surface area contributed by atoms with Gasteiger partial charge in [0.25, 0.3) is 0 Å². The summed E-state index contributed by atoms with van der Waals surface area (Å²) >= 11 is 0. The summed E-state index contributed by atoms with van der Waals surface area (Å²) in [5, 5.41) is 2.28. The zero-order valence-electron chi connectivity index (χ0n) is 10.9. The highest BCUT2D eigenvalue weighted by Crippen LogP contribution is 2.20. The van der Waals surface area contributed by atoms with E-state index in [1.807, 2.05) is 25.1 Å². The lowest BCUT2D eigenvalue weighted by atomic mass is 9.93. The van der Waals surface area contributed by atoms with Gasteiger partial charge in [-0.05, 0) is 30.2 Å². The zero-order chi connectivity index (χ0) is 13.1. The fourth-order valence-corrected chi connectivity index (χ4v) is 2.21. The Morgan fingerprint density at radius 1 is 1.17 bits per heavy atom. The summed E-state index contributed by atoms with van der Waals surface area (Å²) in [6, 6.07) is 12.1. The second kappa shape index (κ2) is 5.32. The molecule has 2 aromatic rings. The molecule has 0 fully saturated rings. The number of benzene rings is 2. The van der Waals surface area contributed by atoms with Crippen LogP contribution in [0.2, 0.25) is 0 Å². The molecule has 18 heavy (non-hydrogen) atoms. The lowest BCUT2D eigenvalue weighted by Gasteiger charge is -2.11. The van der Waals surface area contributed by atoms with Gasteiger partial charge in [0.1, 0.15) is 0 Å². The van der Waals surface area contributed by atoms with Crippen molar-refractivity contribution < 1.29 is 4.79 Å². The molecule has 0 radical (unpaired) electrons. The van der Waals surface area contributed by atoms with Gasteiger partial charge in [0.05, 0.1) is 0 Å². The molecule has 2 nitrogen and oxygen atoms in total. The Kier molecular flexibility index (Phi) is 3.78. The van der Waals surface area contributed by atoms with Gasteiger partial charge in [0.2, 0.25) is 0 Å². The molecule has 0 spiro atoms. The first kappa shape index (κ1) is 12.8. The lowest BCUT2D eigenvalue weighted by Crippen LogP contribution is -2.23. The minimum Gasteiger partial charge on any atom is -0.330 e. The molecule has 2 heteroatoms. The Morgan fingerprint density at radius 2 is 1.83 bits per heavy atom. The Balaban J connectivity index is 2.41. The Hall–Kier alpha value is -1.67. The molecule has 1 unspecified atom stereocenters. The number of aryl methyl sites for hydroxylation is 1. The molecule has 0 amide bonds. The van der Waals surface area contributed by atoms with Crippen LogP contribution in [0.5, 0.6) is 0 Å². The number of rotatable bonds is 4. The van der Waals surface area contributed by atoms with Crippen molar-refractivity contribution in [3.63, 3.8) is 0 Å². The molecule has 0 saturated heterocycles. The third-order valence-corrected chi connectivity index (χ3v) is 3.43. The predicted octanol–water partition coefficient (Wildman–Crippen LogP) is 3.32. The summed E-state index contributed by atoms with van der Waals surface area (Å²) < 4.78 is 0. The van der Waals surface area contributed by atoms with Gasteiger partial charge in [-0.25, -0.2) is 0 Å². The lowest BCUT2D eigenvalue weighted by molar-refractivity contribution is 0.0921. The smallest absolute Gasteiger partial charge is 0.167 e. The summed E-state index contributed by atoms with van der Waals surface area (Å²) in [4.78, 5) is 12.2. The molecule has 0 aliphatic carbocycles. The number of hydrogen-bond acceptors (Lipinski definition) is 2. The van der Waals surface area contributed by atoms with Gasteiger partial charge < -0.3 is 5.73 Å². The maximum Gasteiger partial charge on any atom is 0.167 e. The first-order valence-electron chi connectivity index (χ1n) is 6.40. The second-order valence-electron chi connectivity index (χ2n) is 4.77. The first-order chi connectivity index (χ1) is 8.65. The van der Waals surface area contributed by atoms with Crippen LogP contribution in [0.3, 0.4) is 0 Å². The standard InChI is InChI=1S/C16H19NO/c1-3-12(10-17)16(18)15-7-6-13-8-11(2)4-5-14(13)9-15/h4-9,12H,3,10,17H2,1-2H3. The van der Waals surface area contributed by atoms with E-state index < -0.39 is 0 Å². The van der Waals surface area contributed by atoms with Crippen LogP contribution >= 0.6 is 0 Å². The van der Waals surface area contributed by atoms with Crippen molar-refractivity contribution in [2.45, 2.75) is 20.3 Å². The van der Waals surface area contributed by atoms with E-state index in [-0.39, 0.29) is 11.7 Å². The summed E-state index contributed by atoms with van der Waals surface area (Å²) in [5.74, 6) is 0.0929. The molecule has 0 bridgehead atoms. The van der Waals surface area contributed by atoms with E-state index in [4.69, 9.17) is 5.73 Å². The first-order valence-corrected chi connectivity index (χ1v) is 6.40. The van der Waals surface area contributed by atoms with Gasteiger partial charge in [0.15, 0.2) is 5.78 Å². The van der Waals surface area contributed by atoms with E-state index >= 15 is 0 Å². The maximum atomic E-state index is 12.2. The van der Waals surface area contributed by atoms with E-state index in [0.717, 1.165) is 17.4 Å². The molecule has 0 saturated carbocycles. The van der Waals surface area contributed by atoms with Gasteiger partial charge in [-0.3, -0.25) is 4.79 Å². The second-order valence-corrected chi connectivity index (χ2v) is 4.77. The number of nitrogens with two attached hydrogens (primary N) is 1. The fourth-order valence-electron chi connectivity index (χ4n) is 2.21. The number of hydrogen-bond donors (Lipinski definition) is 1. The topological polar surface area (TPSA) is 43.1 Å². The molecule has 0 aromatic heterocycles. The Bertz CT molecular complexity index is 570. The van der Waals surface area contributed by atoms with Crippen molar-refractivity contribution in [3.8, 4) is 0 Å². The average molecular weight is 241 g/mol. The van der Waals surface area contributed by atoms with Crippen molar-refractivity contribution in [2.75, 3.05) is 6.54 Å². The molecule has 0 heterocycles. The number of carbonyl (C=O) groups is 1. The quantitative estimate of drug-likeness (QED) is 0.834. The number of Topliss-reactive ketones (excluding diaryl/α,β-unsaturated/α-hetero) is 1. The molecule has 0 aliphatic rings. The minimum atomic E-state index is -0.0621. The van der Waals surface area contributed by atoms with Crippen LogP contribution < -0.4 is 5.73 Å². The van der Waals surface area contributed by atoms with Crippen LogP contribution in [0.25, 0.3) is 10.8 Å². The highest BCUT2D eigenvalue weighted by molar-refractivity contribution is 6.01. The summed E-state index contributed by atoms with van der Waals surface area (Å²) in [6.07, 6.45) is 0.793. The normalized spacial score (nSPS) is 12.6. The molecule has 2 N–H and O–H groups in total. The molecular formula is C16H19NO. The Labute approximate surface area is 108 Å². The largest absolute Gasteiger partial charge is 0.330 e. The van der Waals surface area contributed by atoms with E-state index in [2.05, 4.69) is 25.1 Å². The van der Waals surface area contributed by atoms with Gasteiger partial charge >= 0.3 is 0 Å². The minimum absolute atomic E-state index is 0.0621. The summed E-state index contributed by atoms with van der Waals surface area (Å²) in [7, 11) is 0. The molecule has 1 atom stereocenters. The van der Waals surface area contributed by atoms with Crippen LogP contribution in [0.1, 0.15) is 29.3 Å². The van der Waals surface area contributed by atoms with E-state index in [0.29, 0.717) is 6.54 Å². The number of fused-ring (bicyclic) bond motifs is 1. The molecule has 0 aliphatic heterocycles. The van der Waals surface area contributed by atoms with Gasteiger partial charge in [-0.15, -0.1) is 0 Å². The molecule has 94 valence electrons. The predicted molar refractivity (Wildman–Crippen MR) is 75.9 cm³/mol. The van der Waals surface area contributed by atoms with Crippen LogP contribution in [-0.4, -0.2) is 12.3 Å². The van der Waals surface area contributed by atoms with Crippen molar-refractivity contribution in [1.29, 1.82) is 0 Å². The van der Waals surface area contributed by atoms with E-state index in [1.165, 1.54) is 10.9 Å². The Morgan fingerprint density at radius 3 is 2.50 bits per heavy atom. The third-order valence-electron chi connectivity index (χ3n) is 3.43. The SMILES string of the molecule is CCC(CN)C(=O)c1ccc2cc(C)ccc2c1. The van der Waals surface area contributed by atoms with Crippen LogP contribution in [0.15, 0.2) is 36.4 Å². The van der Waals surface area contributed by atoms with Gasteiger partial charge in [-0.2, -0.15) is 0 Å². The molecule has 2 rings (SSSR count). The van der Waals surface area contributed by atoms with Crippen molar-refractivity contribution in [3.05, 3.63) is 47.5 Å². The fraction of sp³-hybridized carbons (Fsp3) is 0.312. The van der Waals surface area contributed by atoms with E-state index in [1.54, 1.807) is 0 Å². The highest BCUT2D eigenvalue weighted by Gasteiger charge is 2.16. The highest BCUT2D eigenvalue weighted by atomic mass is 16.1. The number of ketones is 1. The average Bonchev–Trinajstić information content (AvgIpc) is 2.39. The molecular weight excluding hydrogens is 222 g/mol. The van der Waals surface area contributed by atoms with Crippen molar-refractivity contribution >= 4 is 16.6 Å². The van der Waals surface area contributed by atoms with Crippen molar-refractivity contribution in [1.82, 2.24) is 0 Å². The van der Waals surface area contributed by atoms with Crippen molar-refractivity contribution in [2.24, 2.45) is 11.7 Å². The van der Waals surface area contributed by atoms with Crippen LogP contribution in [0.4, 0.5) is 0 Å². The monoisotopic (exact) mass is 241 g/mol. The van der Waals surface area contributed by atoms with Gasteiger partial charge in [-0.1, -0.05) is 42.8 Å². The zero-order valence-corrected chi connectivity index (χ0v) is 10.9. The number of carbonyl (C=O) groups excluding carboxylic acids is 1. The van der Waals surface area contributed by atoms with Crippen LogP contribution in [-0.2, 0) is 0 Å². The third kappa shape index (κ3) is 2.44. The summed E-state index contributed by atoms with van der Waals surface area (Å²) in [5.41, 5.74) is 7.63. The molecule has 2 aromatic carbocycles. The van der Waals surface area contributed by atoms with E-state index in [9.17, 15) is 4.79 Å². The maximum absolute atomic E-state index is 12.2. The summed E-state index contributed by atoms with van der Waals surface area (Å²) in [6.45, 7) is 4.49. The van der Waals surface area contributed by atoms with Gasteiger partial charge in [0, 0.05) is 18.0 Å². The van der Waals surface area contributed by atoms with Crippen LogP contribution in [0, 0.1) is 12.8 Å².